The molecule has 2 aromatic carbocycles. The van der Waals surface area contributed by atoms with Crippen LogP contribution in [0.2, 0.25) is 0 Å². The molecule has 0 bridgehead atoms. The van der Waals surface area contributed by atoms with Gasteiger partial charge in [0.2, 0.25) is 0 Å². The fraction of sp³-hybridized carbons (Fsp3) is 0.0588. The molecule has 1 aromatic heterocycles. The summed E-state index contributed by atoms with van der Waals surface area (Å²) in [5.41, 5.74) is 1.55. The van der Waals surface area contributed by atoms with E-state index in [4.69, 9.17) is 0 Å². The second-order valence-corrected chi connectivity index (χ2v) is 5.72. The summed E-state index contributed by atoms with van der Waals surface area (Å²) in [6.45, 7) is 0.508. The van der Waals surface area contributed by atoms with Crippen molar-refractivity contribution in [3.8, 4) is 0 Å². The van der Waals surface area contributed by atoms with Gasteiger partial charge in [0, 0.05) is 11.6 Å². The molecule has 0 saturated carbocycles. The Hall–Kier alpha value is -1.47. The highest BCUT2D eigenvalue weighted by Gasteiger charge is 2.12. The van der Waals surface area contributed by atoms with Gasteiger partial charge in [-0.25, -0.2) is 0 Å². The average Bonchev–Trinajstić information content (AvgIpc) is 2.52. The molecule has 0 spiro atoms. The van der Waals surface area contributed by atoms with Crippen LogP contribution in [0.25, 0.3) is 10.8 Å². The summed E-state index contributed by atoms with van der Waals surface area (Å²) < 4.78 is 2.95. The second-order valence-electron chi connectivity index (χ2n) is 4.80. The van der Waals surface area contributed by atoms with E-state index >= 15 is 0 Å². The van der Waals surface area contributed by atoms with Crippen molar-refractivity contribution in [1.29, 1.82) is 0 Å². The van der Waals surface area contributed by atoms with E-state index < -0.39 is 0 Å². The molecular weight excluding hydrogens is 455 g/mol. The van der Waals surface area contributed by atoms with Crippen LogP contribution in [-0.2, 0) is 6.54 Å². The van der Waals surface area contributed by atoms with Crippen LogP contribution in [0.4, 0.5) is 0 Å². The molecule has 3 rings (SSSR count). The van der Waals surface area contributed by atoms with Gasteiger partial charge in [-0.3, -0.25) is 0 Å². The molecule has 3 aromatic rings. The maximum absolute atomic E-state index is 9.35. The van der Waals surface area contributed by atoms with E-state index in [2.05, 4.69) is 33.2 Å². The second kappa shape index (κ2) is 7.69. The molecule has 0 aliphatic rings. The summed E-state index contributed by atoms with van der Waals surface area (Å²) in [6, 6.07) is 18.1. The maximum Gasteiger partial charge on any atom is 0.194 e. The Morgan fingerprint density at radius 1 is 1.05 bits per heavy atom. The zero-order valence-corrected chi connectivity index (χ0v) is 15.4. The number of fused-ring (bicyclic) bond motifs is 1. The van der Waals surface area contributed by atoms with Crippen molar-refractivity contribution < 1.29 is 33.8 Å². The van der Waals surface area contributed by atoms with Crippen molar-refractivity contribution in [3.05, 3.63) is 77.0 Å². The standard InChI is InChI=1S/C17H13BrN2O.HI/c18-16-6-3-9-20(11-16)12-17(19-21)15-8-7-13-4-1-2-5-14(13)10-15;/h1-11H,12H2;1H. The summed E-state index contributed by atoms with van der Waals surface area (Å²) in [6.07, 6.45) is 3.89. The number of halogens is 2. The Balaban J connectivity index is 0.00000176. The zero-order valence-electron chi connectivity index (χ0n) is 11.7. The average molecular weight is 469 g/mol. The SMILES string of the molecule is ON=C(C[n+]1cccc(Br)c1)c1ccc2ccccc2c1.[I-]. The molecule has 0 saturated heterocycles. The van der Waals surface area contributed by atoms with Crippen LogP contribution >= 0.6 is 15.9 Å². The molecule has 1 N–H and O–H groups in total. The van der Waals surface area contributed by atoms with Crippen molar-refractivity contribution in [2.24, 2.45) is 5.16 Å². The first-order chi connectivity index (χ1) is 10.3. The van der Waals surface area contributed by atoms with Crippen LogP contribution in [0.1, 0.15) is 5.56 Å². The third-order valence-electron chi connectivity index (χ3n) is 3.36. The predicted octanol–water partition coefficient (Wildman–Crippen LogP) is 0.772. The summed E-state index contributed by atoms with van der Waals surface area (Å²) >= 11 is 3.44. The van der Waals surface area contributed by atoms with Crippen molar-refractivity contribution in [2.45, 2.75) is 6.54 Å². The van der Waals surface area contributed by atoms with Crippen molar-refractivity contribution in [3.63, 3.8) is 0 Å². The van der Waals surface area contributed by atoms with E-state index in [-0.39, 0.29) is 24.0 Å². The van der Waals surface area contributed by atoms with Gasteiger partial charge < -0.3 is 29.2 Å². The van der Waals surface area contributed by atoms with Crippen LogP contribution in [-0.4, -0.2) is 10.9 Å². The lowest BCUT2D eigenvalue weighted by Crippen LogP contribution is -3.00. The van der Waals surface area contributed by atoms with Crippen LogP contribution in [0.5, 0.6) is 0 Å². The van der Waals surface area contributed by atoms with Gasteiger partial charge in [0.1, 0.15) is 0 Å². The minimum atomic E-state index is 0. The van der Waals surface area contributed by atoms with Gasteiger partial charge in [0.15, 0.2) is 24.7 Å². The smallest absolute Gasteiger partial charge is 0.194 e. The first-order valence-corrected chi connectivity index (χ1v) is 7.40. The van der Waals surface area contributed by atoms with Gasteiger partial charge >= 0.3 is 0 Å². The molecule has 112 valence electrons. The fourth-order valence-corrected chi connectivity index (χ4v) is 2.73. The largest absolute Gasteiger partial charge is 1.00 e. The van der Waals surface area contributed by atoms with Crippen LogP contribution < -0.4 is 28.5 Å². The monoisotopic (exact) mass is 468 g/mol. The van der Waals surface area contributed by atoms with E-state index in [0.717, 1.165) is 15.4 Å². The van der Waals surface area contributed by atoms with Crippen LogP contribution in [0, 0.1) is 0 Å². The molecule has 0 amide bonds. The molecule has 22 heavy (non-hydrogen) atoms. The molecule has 0 unspecified atom stereocenters. The topological polar surface area (TPSA) is 36.5 Å². The molecule has 0 aliphatic carbocycles. The molecular formula is C17H14BrIN2O. The fourth-order valence-electron chi connectivity index (χ4n) is 2.31. The molecule has 5 heteroatoms. The Morgan fingerprint density at radius 3 is 2.55 bits per heavy atom. The van der Waals surface area contributed by atoms with Gasteiger partial charge in [-0.1, -0.05) is 41.6 Å². The van der Waals surface area contributed by atoms with Gasteiger partial charge in [0.25, 0.3) is 0 Å². The molecule has 0 radical (unpaired) electrons. The molecule has 0 aliphatic heterocycles. The minimum absolute atomic E-state index is 0. The van der Waals surface area contributed by atoms with Gasteiger partial charge in [-0.05, 0) is 38.8 Å². The quantitative estimate of drug-likeness (QED) is 0.199. The predicted molar refractivity (Wildman–Crippen MR) is 86.6 cm³/mol. The minimum Gasteiger partial charge on any atom is -1.00 e. The number of hydrogen-bond donors (Lipinski definition) is 1. The van der Waals surface area contributed by atoms with E-state index in [1.807, 2.05) is 59.4 Å². The number of benzene rings is 2. The number of nitrogens with zero attached hydrogens (tertiary/aromatic N) is 2. The third kappa shape index (κ3) is 3.84. The lowest BCUT2D eigenvalue weighted by Gasteiger charge is -2.04. The lowest BCUT2D eigenvalue weighted by molar-refractivity contribution is -0.682. The summed E-state index contributed by atoms with van der Waals surface area (Å²) in [5.74, 6) is 0. The lowest BCUT2D eigenvalue weighted by atomic mass is 10.0. The third-order valence-corrected chi connectivity index (χ3v) is 3.83. The Bertz CT molecular complexity index is 820. The number of aromatic nitrogens is 1. The molecule has 0 fully saturated rings. The number of hydrogen-bond acceptors (Lipinski definition) is 2. The highest BCUT2D eigenvalue weighted by atomic mass is 127. The van der Waals surface area contributed by atoms with Crippen molar-refractivity contribution in [2.75, 3.05) is 0 Å². The Labute approximate surface area is 154 Å². The molecule has 0 atom stereocenters. The molecule has 1 heterocycles. The first kappa shape index (κ1) is 16.9. The highest BCUT2D eigenvalue weighted by molar-refractivity contribution is 9.10. The highest BCUT2D eigenvalue weighted by Crippen LogP contribution is 2.16. The summed E-state index contributed by atoms with van der Waals surface area (Å²) in [7, 11) is 0. The zero-order chi connectivity index (χ0) is 14.7. The van der Waals surface area contributed by atoms with Gasteiger partial charge in [-0.2, -0.15) is 4.57 Å². The normalized spacial score (nSPS) is 11.2. The van der Waals surface area contributed by atoms with Crippen LogP contribution in [0.3, 0.4) is 0 Å². The summed E-state index contributed by atoms with van der Waals surface area (Å²) in [4.78, 5) is 0. The first-order valence-electron chi connectivity index (χ1n) is 6.61. The number of pyridine rings is 1. The van der Waals surface area contributed by atoms with Gasteiger partial charge in [-0.15, -0.1) is 0 Å². The number of oxime groups is 1. The van der Waals surface area contributed by atoms with E-state index in [1.54, 1.807) is 0 Å². The van der Waals surface area contributed by atoms with E-state index in [1.165, 1.54) is 5.39 Å². The van der Waals surface area contributed by atoms with Crippen molar-refractivity contribution in [1.82, 2.24) is 0 Å². The van der Waals surface area contributed by atoms with Gasteiger partial charge in [0.05, 0.1) is 4.47 Å². The van der Waals surface area contributed by atoms with E-state index in [0.29, 0.717) is 12.3 Å². The van der Waals surface area contributed by atoms with E-state index in [9.17, 15) is 5.21 Å². The van der Waals surface area contributed by atoms with Crippen molar-refractivity contribution >= 4 is 32.4 Å². The Morgan fingerprint density at radius 2 is 1.82 bits per heavy atom. The maximum atomic E-state index is 9.35. The number of rotatable bonds is 3. The van der Waals surface area contributed by atoms with Crippen LogP contribution in [0.15, 0.2) is 76.6 Å². The Kier molecular flexibility index (Phi) is 5.90. The summed E-state index contributed by atoms with van der Waals surface area (Å²) in [5, 5.41) is 15.1. The molecule has 3 nitrogen and oxygen atoms in total.